The van der Waals surface area contributed by atoms with E-state index in [1.165, 1.54) is 12.8 Å². The number of hydrogen-bond acceptors (Lipinski definition) is 5. The summed E-state index contributed by atoms with van der Waals surface area (Å²) >= 11 is 0. The van der Waals surface area contributed by atoms with Gasteiger partial charge >= 0.3 is 5.97 Å². The van der Waals surface area contributed by atoms with Crippen LogP contribution in [0.2, 0.25) is 0 Å². The SMILES string of the molecule is BN1CCC[C@H]1CNc1ccc(CCc2cccc(C(=O)O)c2)cc1Oc1ccc(OC)cc1. The number of benzene rings is 3. The zero-order chi connectivity index (χ0) is 23.9. The van der Waals surface area contributed by atoms with Crippen LogP contribution in [0.4, 0.5) is 5.69 Å². The van der Waals surface area contributed by atoms with Crippen LogP contribution in [-0.2, 0) is 12.8 Å². The Morgan fingerprint density at radius 3 is 2.47 bits per heavy atom. The van der Waals surface area contributed by atoms with Crippen molar-refractivity contribution >= 4 is 19.6 Å². The van der Waals surface area contributed by atoms with Crippen LogP contribution in [0.3, 0.4) is 0 Å². The van der Waals surface area contributed by atoms with Gasteiger partial charge in [0.25, 0.3) is 0 Å². The largest absolute Gasteiger partial charge is 0.497 e. The molecule has 3 aromatic rings. The van der Waals surface area contributed by atoms with Crippen LogP contribution in [0.1, 0.15) is 34.3 Å². The number of carboxylic acid groups (broad SMARTS) is 1. The summed E-state index contributed by atoms with van der Waals surface area (Å²) in [4.78, 5) is 13.7. The fraction of sp³-hybridized carbons (Fsp3) is 0.296. The van der Waals surface area contributed by atoms with Gasteiger partial charge < -0.3 is 24.7 Å². The molecule has 0 spiro atoms. The predicted octanol–water partition coefficient (Wildman–Crippen LogP) is 4.40. The smallest absolute Gasteiger partial charge is 0.335 e. The number of carbonyl (C=O) groups is 1. The average molecular weight is 458 g/mol. The molecule has 0 amide bonds. The van der Waals surface area contributed by atoms with E-state index in [-0.39, 0.29) is 0 Å². The highest BCUT2D eigenvalue weighted by molar-refractivity contribution is 6.04. The molecule has 1 aliphatic heterocycles. The molecular formula is C27H31BN2O4. The fourth-order valence-electron chi connectivity index (χ4n) is 4.34. The van der Waals surface area contributed by atoms with Crippen LogP contribution in [0.15, 0.2) is 66.7 Å². The van der Waals surface area contributed by atoms with Crippen molar-refractivity contribution in [2.45, 2.75) is 31.7 Å². The van der Waals surface area contributed by atoms with Gasteiger partial charge in [0.15, 0.2) is 13.7 Å². The second kappa shape index (κ2) is 11.1. The van der Waals surface area contributed by atoms with Gasteiger partial charge in [-0.3, -0.25) is 0 Å². The van der Waals surface area contributed by atoms with Gasteiger partial charge in [-0.05, 0) is 91.9 Å². The molecule has 6 nitrogen and oxygen atoms in total. The van der Waals surface area contributed by atoms with Gasteiger partial charge in [0.2, 0.25) is 0 Å². The number of nitrogens with zero attached hydrogens (tertiary/aromatic N) is 1. The molecule has 0 aliphatic carbocycles. The number of anilines is 1. The first-order valence-corrected chi connectivity index (χ1v) is 11.7. The standard InChI is InChI=1S/C27H31BN2O4/c1-33-23-10-12-24(13-11-23)34-26-17-20(8-7-19-4-2-5-21(16-19)27(31)32)9-14-25(26)29-18-22-6-3-15-30(22)28/h2,4-5,9-14,16-17,22,29H,3,6-8,15,18,28H2,1H3,(H,31,32)/t22-/m0/s1. The molecule has 1 heterocycles. The maximum absolute atomic E-state index is 11.3. The lowest BCUT2D eigenvalue weighted by Gasteiger charge is -2.22. The van der Waals surface area contributed by atoms with Gasteiger partial charge in [-0.1, -0.05) is 18.2 Å². The van der Waals surface area contributed by atoms with Crippen LogP contribution in [-0.4, -0.2) is 50.1 Å². The van der Waals surface area contributed by atoms with Gasteiger partial charge in [0, 0.05) is 12.6 Å². The fourth-order valence-corrected chi connectivity index (χ4v) is 4.34. The molecule has 0 unspecified atom stereocenters. The minimum atomic E-state index is -0.902. The molecule has 7 heteroatoms. The summed E-state index contributed by atoms with van der Waals surface area (Å²) < 4.78 is 11.5. The summed E-state index contributed by atoms with van der Waals surface area (Å²) in [5.74, 6) is 1.41. The molecule has 2 N–H and O–H groups in total. The average Bonchev–Trinajstić information content (AvgIpc) is 3.27. The molecule has 1 fully saturated rings. The number of methoxy groups -OCH3 is 1. The molecular weight excluding hydrogens is 427 g/mol. The zero-order valence-electron chi connectivity index (χ0n) is 19.8. The molecule has 3 aromatic carbocycles. The number of nitrogens with one attached hydrogen (secondary N) is 1. The Balaban J connectivity index is 1.51. The van der Waals surface area contributed by atoms with Crippen molar-refractivity contribution in [1.29, 1.82) is 0 Å². The molecule has 0 radical (unpaired) electrons. The first kappa shape index (κ1) is 23.7. The highest BCUT2D eigenvalue weighted by Crippen LogP contribution is 2.32. The second-order valence-electron chi connectivity index (χ2n) is 8.77. The predicted molar refractivity (Wildman–Crippen MR) is 137 cm³/mol. The third-order valence-electron chi connectivity index (χ3n) is 6.41. The molecule has 4 rings (SSSR count). The van der Waals surface area contributed by atoms with Crippen LogP contribution in [0.25, 0.3) is 0 Å². The summed E-state index contributed by atoms with van der Waals surface area (Å²) in [5, 5.41) is 12.8. The van der Waals surface area contributed by atoms with E-state index in [4.69, 9.17) is 9.47 Å². The highest BCUT2D eigenvalue weighted by atomic mass is 16.5. The van der Waals surface area contributed by atoms with Crippen molar-refractivity contribution in [1.82, 2.24) is 4.81 Å². The molecule has 1 atom stereocenters. The Bertz CT molecular complexity index is 1120. The van der Waals surface area contributed by atoms with Crippen molar-refractivity contribution in [2.75, 3.05) is 25.5 Å². The maximum atomic E-state index is 11.3. The van der Waals surface area contributed by atoms with Crippen molar-refractivity contribution in [3.8, 4) is 17.2 Å². The molecule has 34 heavy (non-hydrogen) atoms. The maximum Gasteiger partial charge on any atom is 0.335 e. The third kappa shape index (κ3) is 6.11. The van der Waals surface area contributed by atoms with E-state index in [9.17, 15) is 9.90 Å². The Hall–Kier alpha value is -3.45. The number of hydrogen-bond donors (Lipinski definition) is 2. The van der Waals surface area contributed by atoms with E-state index in [1.54, 1.807) is 25.3 Å². The summed E-state index contributed by atoms with van der Waals surface area (Å²) in [6.45, 7) is 2.01. The minimum Gasteiger partial charge on any atom is -0.497 e. The number of ether oxygens (including phenoxy) is 2. The van der Waals surface area contributed by atoms with Gasteiger partial charge in [-0.15, -0.1) is 0 Å². The highest BCUT2D eigenvalue weighted by Gasteiger charge is 2.20. The van der Waals surface area contributed by atoms with E-state index in [0.29, 0.717) is 11.6 Å². The lowest BCUT2D eigenvalue weighted by Crippen LogP contribution is -2.32. The van der Waals surface area contributed by atoms with Crippen LogP contribution < -0.4 is 14.8 Å². The van der Waals surface area contributed by atoms with E-state index in [2.05, 4.69) is 36.3 Å². The molecule has 0 aromatic heterocycles. The van der Waals surface area contributed by atoms with Gasteiger partial charge in [-0.25, -0.2) is 4.79 Å². The van der Waals surface area contributed by atoms with Gasteiger partial charge in [0.1, 0.15) is 11.5 Å². The monoisotopic (exact) mass is 458 g/mol. The topological polar surface area (TPSA) is 71.0 Å². The van der Waals surface area contributed by atoms with Crippen molar-refractivity contribution in [2.24, 2.45) is 0 Å². The number of rotatable bonds is 10. The third-order valence-corrected chi connectivity index (χ3v) is 6.41. The molecule has 0 saturated carbocycles. The van der Waals surface area contributed by atoms with E-state index >= 15 is 0 Å². The number of carboxylic acids is 1. The normalized spacial score (nSPS) is 15.7. The van der Waals surface area contributed by atoms with Gasteiger partial charge in [0.05, 0.1) is 18.4 Å². The zero-order valence-corrected chi connectivity index (χ0v) is 19.8. The quantitative estimate of drug-likeness (QED) is 0.439. The summed E-state index contributed by atoms with van der Waals surface area (Å²) in [5.41, 5.74) is 3.42. The van der Waals surface area contributed by atoms with E-state index < -0.39 is 5.97 Å². The van der Waals surface area contributed by atoms with Crippen LogP contribution in [0.5, 0.6) is 17.2 Å². The Morgan fingerprint density at radius 2 is 1.79 bits per heavy atom. The summed E-state index contributed by atoms with van der Waals surface area (Å²) in [6, 6.07) is 21.5. The van der Waals surface area contributed by atoms with Gasteiger partial charge in [-0.2, -0.15) is 0 Å². The Labute approximate surface area is 201 Å². The van der Waals surface area contributed by atoms with Crippen molar-refractivity contribution < 1.29 is 19.4 Å². The Kier molecular flexibility index (Phi) is 7.75. The first-order valence-electron chi connectivity index (χ1n) is 11.7. The molecule has 1 aliphatic rings. The number of aromatic carboxylic acids is 1. The minimum absolute atomic E-state index is 0.317. The van der Waals surface area contributed by atoms with E-state index in [1.807, 2.05) is 30.3 Å². The van der Waals surface area contributed by atoms with Crippen molar-refractivity contribution in [3.05, 3.63) is 83.4 Å². The lowest BCUT2D eigenvalue weighted by atomic mass is 10.0. The first-order chi connectivity index (χ1) is 16.5. The summed E-state index contributed by atoms with van der Waals surface area (Å²) in [6.07, 6.45) is 3.97. The van der Waals surface area contributed by atoms with Crippen molar-refractivity contribution in [3.63, 3.8) is 0 Å². The Morgan fingerprint density at radius 1 is 1.06 bits per heavy atom. The molecule has 1 saturated heterocycles. The number of aryl methyl sites for hydroxylation is 2. The van der Waals surface area contributed by atoms with Crippen LogP contribution >= 0.6 is 0 Å². The summed E-state index contributed by atoms with van der Waals surface area (Å²) in [7, 11) is 3.82. The van der Waals surface area contributed by atoms with E-state index in [0.717, 1.165) is 60.0 Å². The molecule has 0 bridgehead atoms. The lowest BCUT2D eigenvalue weighted by molar-refractivity contribution is 0.0696. The van der Waals surface area contributed by atoms with Crippen LogP contribution in [0, 0.1) is 0 Å². The molecule has 176 valence electrons. The second-order valence-corrected chi connectivity index (χ2v) is 8.77.